The molecule has 0 aliphatic heterocycles. The molecule has 4 N–H and O–H groups in total. The van der Waals surface area contributed by atoms with E-state index in [1.165, 1.54) is 16.5 Å². The van der Waals surface area contributed by atoms with Gasteiger partial charge in [-0.3, -0.25) is 4.79 Å². The zero-order chi connectivity index (χ0) is 18.5. The number of para-hydroxylation sites is 1. The monoisotopic (exact) mass is 352 g/mol. The summed E-state index contributed by atoms with van der Waals surface area (Å²) in [4.78, 5) is 15.2. The number of benzene rings is 2. The molecule has 3 aromatic rings. The number of nitrogens with two attached hydrogens (primary N) is 1. The van der Waals surface area contributed by atoms with Gasteiger partial charge < -0.3 is 20.4 Å². The first-order valence-electron chi connectivity index (χ1n) is 8.89. The fraction of sp³-hybridized carbons (Fsp3) is 0.286. The number of rotatable bonds is 7. The number of hydrogen-bond donors (Lipinski definition) is 3. The van der Waals surface area contributed by atoms with E-state index in [2.05, 4.69) is 52.1 Å². The van der Waals surface area contributed by atoms with Crippen LogP contribution in [0.5, 0.6) is 5.75 Å². The summed E-state index contributed by atoms with van der Waals surface area (Å²) >= 11 is 0. The lowest BCUT2D eigenvalue weighted by atomic mass is 9.90. The summed E-state index contributed by atoms with van der Waals surface area (Å²) in [5, 5.41) is 6.02. The highest BCUT2D eigenvalue weighted by Gasteiger charge is 2.23. The Balaban J connectivity index is 1.94. The Labute approximate surface area is 153 Å². The molecule has 5 heteroatoms. The van der Waals surface area contributed by atoms with E-state index in [1.54, 1.807) is 14.2 Å². The largest absolute Gasteiger partial charge is 0.497 e. The summed E-state index contributed by atoms with van der Waals surface area (Å²) < 4.78 is 5.29. The number of nitrogens with one attached hydrogen (secondary N) is 2. The molecule has 0 bridgehead atoms. The minimum absolute atomic E-state index is 0.0393. The minimum Gasteiger partial charge on any atom is -0.497 e. The molecule has 1 aromatic heterocycles. The molecular formula is C21H26N3O2+. The molecule has 0 fully saturated rings. The second-order valence-electron chi connectivity index (χ2n) is 6.49. The van der Waals surface area contributed by atoms with Gasteiger partial charge in [-0.2, -0.15) is 0 Å². The lowest BCUT2D eigenvalue weighted by molar-refractivity contribution is -0.674. The minimum atomic E-state index is -0.133. The van der Waals surface area contributed by atoms with E-state index >= 15 is 0 Å². The number of amides is 1. The molecule has 0 spiro atoms. The summed E-state index contributed by atoms with van der Waals surface area (Å²) in [6, 6.07) is 16.4. The molecule has 5 nitrogen and oxygen atoms in total. The lowest BCUT2D eigenvalue weighted by Gasteiger charge is -2.18. The van der Waals surface area contributed by atoms with Crippen molar-refractivity contribution >= 4 is 16.8 Å². The molecule has 1 heterocycles. The number of aromatic amines is 1. The highest BCUT2D eigenvalue weighted by molar-refractivity contribution is 5.84. The highest BCUT2D eigenvalue weighted by Crippen LogP contribution is 2.30. The number of carbonyl (C=O) groups is 1. The van der Waals surface area contributed by atoms with Crippen LogP contribution >= 0.6 is 0 Å². The maximum absolute atomic E-state index is 11.9. The van der Waals surface area contributed by atoms with E-state index in [9.17, 15) is 4.79 Å². The van der Waals surface area contributed by atoms with Gasteiger partial charge in [0.2, 0.25) is 0 Å². The topological polar surface area (TPSA) is 70.7 Å². The van der Waals surface area contributed by atoms with Crippen LogP contribution in [0.2, 0.25) is 0 Å². The Kier molecular flexibility index (Phi) is 5.58. The molecule has 26 heavy (non-hydrogen) atoms. The van der Waals surface area contributed by atoms with Crippen LogP contribution in [0.15, 0.2) is 54.7 Å². The van der Waals surface area contributed by atoms with E-state index < -0.39 is 0 Å². The van der Waals surface area contributed by atoms with Gasteiger partial charge in [-0.25, -0.2) is 0 Å². The van der Waals surface area contributed by atoms with E-state index in [0.29, 0.717) is 0 Å². The normalized spacial score (nSPS) is 13.3. The Hall–Kier alpha value is -2.79. The first-order valence-corrected chi connectivity index (χ1v) is 8.89. The Morgan fingerprint density at radius 1 is 1.19 bits per heavy atom. The second kappa shape index (κ2) is 8.06. The van der Waals surface area contributed by atoms with Gasteiger partial charge >= 0.3 is 0 Å². The van der Waals surface area contributed by atoms with Crippen LogP contribution < -0.4 is 15.4 Å². The van der Waals surface area contributed by atoms with Gasteiger partial charge in [0.1, 0.15) is 5.75 Å². The predicted octanol–water partition coefficient (Wildman–Crippen LogP) is 2.01. The summed E-state index contributed by atoms with van der Waals surface area (Å²) in [6.45, 7) is 2.71. The third-order valence-corrected chi connectivity index (χ3v) is 4.90. The SMILES string of the molecule is CNC(=O)[C@@H](C)[NH2+]C[C@@H](c1ccc(OC)cc1)c1c[nH]c2ccccc12. The molecule has 3 rings (SSSR count). The van der Waals surface area contributed by atoms with Gasteiger partial charge in [-0.05, 0) is 36.2 Å². The number of carbonyl (C=O) groups excluding carboxylic acids is 1. The van der Waals surface area contributed by atoms with Crippen molar-refractivity contribution in [3.8, 4) is 5.75 Å². The molecular weight excluding hydrogens is 326 g/mol. The van der Waals surface area contributed by atoms with Crippen molar-refractivity contribution in [1.82, 2.24) is 10.3 Å². The van der Waals surface area contributed by atoms with E-state index in [4.69, 9.17) is 4.74 Å². The Morgan fingerprint density at radius 2 is 1.92 bits per heavy atom. The van der Waals surface area contributed by atoms with Gasteiger partial charge in [0.25, 0.3) is 5.91 Å². The number of quaternary nitrogens is 1. The molecule has 0 saturated heterocycles. The number of fused-ring (bicyclic) bond motifs is 1. The van der Waals surface area contributed by atoms with Crippen LogP contribution in [0, 0.1) is 0 Å². The summed E-state index contributed by atoms with van der Waals surface area (Å²) in [5.74, 6) is 1.05. The molecule has 0 radical (unpaired) electrons. The Bertz CT molecular complexity index is 870. The van der Waals surface area contributed by atoms with Crippen LogP contribution in [-0.2, 0) is 4.79 Å². The summed E-state index contributed by atoms with van der Waals surface area (Å²) in [7, 11) is 3.35. The summed E-state index contributed by atoms with van der Waals surface area (Å²) in [6.07, 6.45) is 2.08. The van der Waals surface area contributed by atoms with Crippen LogP contribution in [0.1, 0.15) is 24.0 Å². The fourth-order valence-corrected chi connectivity index (χ4v) is 3.34. The smallest absolute Gasteiger partial charge is 0.277 e. The molecule has 0 aliphatic carbocycles. The quantitative estimate of drug-likeness (QED) is 0.609. The molecule has 0 unspecified atom stereocenters. The third kappa shape index (κ3) is 3.73. The number of aromatic nitrogens is 1. The van der Waals surface area contributed by atoms with Crippen molar-refractivity contribution in [3.63, 3.8) is 0 Å². The second-order valence-corrected chi connectivity index (χ2v) is 6.49. The predicted molar refractivity (Wildman–Crippen MR) is 103 cm³/mol. The third-order valence-electron chi connectivity index (χ3n) is 4.90. The average Bonchev–Trinajstić information content (AvgIpc) is 3.12. The van der Waals surface area contributed by atoms with Crippen molar-refractivity contribution in [1.29, 1.82) is 0 Å². The zero-order valence-corrected chi connectivity index (χ0v) is 15.5. The van der Waals surface area contributed by atoms with Crippen LogP contribution in [-0.4, -0.2) is 37.6 Å². The first-order chi connectivity index (χ1) is 12.6. The molecule has 2 aromatic carbocycles. The molecule has 0 saturated carbocycles. The number of H-pyrrole nitrogens is 1. The van der Waals surface area contributed by atoms with Crippen molar-refractivity contribution in [2.75, 3.05) is 20.7 Å². The van der Waals surface area contributed by atoms with Crippen LogP contribution in [0.25, 0.3) is 10.9 Å². The molecule has 1 amide bonds. The van der Waals surface area contributed by atoms with E-state index in [1.807, 2.05) is 25.1 Å². The van der Waals surface area contributed by atoms with Crippen molar-refractivity contribution < 1.29 is 14.8 Å². The van der Waals surface area contributed by atoms with Gasteiger partial charge in [0.05, 0.1) is 19.6 Å². The first kappa shape index (κ1) is 18.0. The molecule has 2 atom stereocenters. The van der Waals surface area contributed by atoms with Crippen molar-refractivity contribution in [3.05, 3.63) is 65.9 Å². The standard InChI is InChI=1S/C21H25N3O2/c1-14(21(25)22-2)23-12-18(15-8-10-16(26-3)11-9-15)19-13-24-20-7-5-4-6-17(19)20/h4-11,13-14,18,23-24H,12H2,1-3H3,(H,22,25)/p+1/t14-,18+/m1/s1. The van der Waals surface area contributed by atoms with E-state index in [-0.39, 0.29) is 17.9 Å². The molecule has 136 valence electrons. The maximum Gasteiger partial charge on any atom is 0.277 e. The number of likely N-dealkylation sites (N-methyl/N-ethyl adjacent to an activating group) is 1. The Morgan fingerprint density at radius 3 is 2.62 bits per heavy atom. The fourth-order valence-electron chi connectivity index (χ4n) is 3.34. The van der Waals surface area contributed by atoms with E-state index in [0.717, 1.165) is 17.8 Å². The summed E-state index contributed by atoms with van der Waals surface area (Å²) in [5.41, 5.74) is 3.57. The highest BCUT2D eigenvalue weighted by atomic mass is 16.5. The number of hydrogen-bond acceptors (Lipinski definition) is 2. The number of ether oxygens (including phenoxy) is 1. The van der Waals surface area contributed by atoms with Crippen LogP contribution in [0.3, 0.4) is 0 Å². The molecule has 0 aliphatic rings. The number of methoxy groups -OCH3 is 1. The van der Waals surface area contributed by atoms with Gasteiger partial charge in [-0.1, -0.05) is 30.3 Å². The zero-order valence-electron chi connectivity index (χ0n) is 15.5. The van der Waals surface area contributed by atoms with Gasteiger partial charge in [0, 0.05) is 24.1 Å². The van der Waals surface area contributed by atoms with Crippen molar-refractivity contribution in [2.45, 2.75) is 18.9 Å². The lowest BCUT2D eigenvalue weighted by Crippen LogP contribution is -2.92. The maximum atomic E-state index is 11.9. The van der Waals surface area contributed by atoms with Crippen molar-refractivity contribution in [2.24, 2.45) is 0 Å². The van der Waals surface area contributed by atoms with Gasteiger partial charge in [-0.15, -0.1) is 0 Å². The van der Waals surface area contributed by atoms with Crippen LogP contribution in [0.4, 0.5) is 0 Å². The average molecular weight is 352 g/mol. The van der Waals surface area contributed by atoms with Gasteiger partial charge in [0.15, 0.2) is 6.04 Å².